The van der Waals surface area contributed by atoms with E-state index in [0.717, 1.165) is 50.6 Å². The minimum absolute atomic E-state index is 0.0222. The molecular weight excluding hydrogens is 364 g/mol. The van der Waals surface area contributed by atoms with Crippen LogP contribution in [0.5, 0.6) is 5.75 Å². The molecular formula is C24H32N2O3. The van der Waals surface area contributed by atoms with Gasteiger partial charge >= 0.3 is 0 Å². The Balaban J connectivity index is 1.46. The highest BCUT2D eigenvalue weighted by Crippen LogP contribution is 2.20. The molecule has 1 aliphatic heterocycles. The summed E-state index contributed by atoms with van der Waals surface area (Å²) in [4.78, 5) is 17.6. The molecule has 3 rings (SSSR count). The van der Waals surface area contributed by atoms with E-state index < -0.39 is 0 Å². The minimum Gasteiger partial charge on any atom is -0.497 e. The number of carbonyl (C=O) groups is 1. The molecule has 1 saturated heterocycles. The quantitative estimate of drug-likeness (QED) is 0.607. The maximum absolute atomic E-state index is 12.7. The summed E-state index contributed by atoms with van der Waals surface area (Å²) in [6, 6.07) is 17.8. The third-order valence-corrected chi connectivity index (χ3v) is 5.70. The summed E-state index contributed by atoms with van der Waals surface area (Å²) in [6.07, 6.45) is 0.0957. The number of methoxy groups -OCH3 is 2. The van der Waals surface area contributed by atoms with Crippen LogP contribution in [0.15, 0.2) is 54.6 Å². The first-order chi connectivity index (χ1) is 14.1. The molecule has 0 amide bonds. The molecule has 0 spiro atoms. The van der Waals surface area contributed by atoms with Crippen molar-refractivity contribution in [2.24, 2.45) is 5.92 Å². The van der Waals surface area contributed by atoms with Crippen LogP contribution in [0.4, 0.5) is 0 Å². The molecule has 0 N–H and O–H groups in total. The van der Waals surface area contributed by atoms with Crippen molar-refractivity contribution in [3.8, 4) is 5.75 Å². The Morgan fingerprint density at radius 3 is 2.03 bits per heavy atom. The topological polar surface area (TPSA) is 42.0 Å². The van der Waals surface area contributed by atoms with Gasteiger partial charge in [-0.05, 0) is 29.8 Å². The lowest BCUT2D eigenvalue weighted by Gasteiger charge is -2.37. The van der Waals surface area contributed by atoms with Crippen molar-refractivity contribution in [2.75, 3.05) is 53.5 Å². The van der Waals surface area contributed by atoms with E-state index in [1.807, 2.05) is 37.3 Å². The highest BCUT2D eigenvalue weighted by atomic mass is 16.5. The van der Waals surface area contributed by atoms with E-state index in [9.17, 15) is 4.79 Å². The Morgan fingerprint density at radius 1 is 0.897 bits per heavy atom. The second-order valence-corrected chi connectivity index (χ2v) is 7.73. The molecule has 5 nitrogen and oxygen atoms in total. The number of carbonyl (C=O) groups excluding carboxylic acids is 1. The monoisotopic (exact) mass is 396 g/mol. The number of Topliss-reactive ketones (excluding diaryl/α,β-unsaturated/α-hetero) is 1. The number of rotatable bonds is 9. The maximum Gasteiger partial charge on any atom is 0.166 e. The van der Waals surface area contributed by atoms with Crippen molar-refractivity contribution in [3.05, 3.63) is 65.7 Å². The fourth-order valence-electron chi connectivity index (χ4n) is 3.88. The van der Waals surface area contributed by atoms with Crippen molar-refractivity contribution >= 4 is 5.78 Å². The molecule has 2 atom stereocenters. The normalized spacial score (nSPS) is 17.6. The SMILES string of the molecule is COc1ccc(C(=O)C(C)CN2CCN(CC(OC)c3ccccc3)CC2)cc1. The second-order valence-electron chi connectivity index (χ2n) is 7.73. The summed E-state index contributed by atoms with van der Waals surface area (Å²) < 4.78 is 10.9. The lowest BCUT2D eigenvalue weighted by Crippen LogP contribution is -2.49. The van der Waals surface area contributed by atoms with Gasteiger partial charge in [0.1, 0.15) is 5.75 Å². The van der Waals surface area contributed by atoms with Gasteiger partial charge < -0.3 is 14.4 Å². The van der Waals surface area contributed by atoms with E-state index in [1.165, 1.54) is 5.56 Å². The molecule has 1 fully saturated rings. The highest BCUT2D eigenvalue weighted by molar-refractivity contribution is 5.97. The van der Waals surface area contributed by atoms with E-state index in [0.29, 0.717) is 0 Å². The summed E-state index contributed by atoms with van der Waals surface area (Å²) in [5, 5.41) is 0. The Morgan fingerprint density at radius 2 is 1.48 bits per heavy atom. The fraction of sp³-hybridized carbons (Fsp3) is 0.458. The molecule has 0 radical (unpaired) electrons. The van der Waals surface area contributed by atoms with Crippen molar-refractivity contribution < 1.29 is 14.3 Å². The first kappa shape index (κ1) is 21.5. The van der Waals surface area contributed by atoms with E-state index in [4.69, 9.17) is 9.47 Å². The molecule has 0 bridgehead atoms. The van der Waals surface area contributed by atoms with Crippen molar-refractivity contribution in [3.63, 3.8) is 0 Å². The van der Waals surface area contributed by atoms with Crippen LogP contribution in [0, 0.1) is 5.92 Å². The van der Waals surface area contributed by atoms with Gasteiger partial charge in [-0.25, -0.2) is 0 Å². The minimum atomic E-state index is -0.0222. The van der Waals surface area contributed by atoms with E-state index >= 15 is 0 Å². The number of ether oxygens (including phenoxy) is 2. The lowest BCUT2D eigenvalue weighted by molar-refractivity contribution is 0.0392. The second kappa shape index (κ2) is 10.5. The van der Waals surface area contributed by atoms with Gasteiger partial charge in [-0.1, -0.05) is 37.3 Å². The number of piperazine rings is 1. The van der Waals surface area contributed by atoms with Crippen molar-refractivity contribution in [2.45, 2.75) is 13.0 Å². The van der Waals surface area contributed by atoms with Crippen molar-refractivity contribution in [1.82, 2.24) is 9.80 Å². The zero-order chi connectivity index (χ0) is 20.6. The van der Waals surface area contributed by atoms with E-state index in [-0.39, 0.29) is 17.8 Å². The molecule has 156 valence electrons. The van der Waals surface area contributed by atoms with Crippen LogP contribution in [0.25, 0.3) is 0 Å². The number of nitrogens with zero attached hydrogens (tertiary/aromatic N) is 2. The molecule has 2 unspecified atom stereocenters. The van der Waals surface area contributed by atoms with Crippen LogP contribution < -0.4 is 4.74 Å². The molecule has 0 saturated carbocycles. The average Bonchev–Trinajstić information content (AvgIpc) is 2.78. The van der Waals surface area contributed by atoms with Crippen LogP contribution in [0.3, 0.4) is 0 Å². The smallest absolute Gasteiger partial charge is 0.166 e. The number of hydrogen-bond donors (Lipinski definition) is 0. The first-order valence-electron chi connectivity index (χ1n) is 10.3. The Bertz CT molecular complexity index is 755. The molecule has 0 aromatic heterocycles. The summed E-state index contributed by atoms with van der Waals surface area (Å²) in [5.74, 6) is 0.944. The fourth-order valence-corrected chi connectivity index (χ4v) is 3.88. The first-order valence-corrected chi connectivity index (χ1v) is 10.3. The Kier molecular flexibility index (Phi) is 7.81. The molecule has 2 aromatic rings. The predicted octanol–water partition coefficient (Wildman–Crippen LogP) is 3.52. The van der Waals surface area contributed by atoms with Gasteiger partial charge in [0.25, 0.3) is 0 Å². The zero-order valence-electron chi connectivity index (χ0n) is 17.7. The molecule has 2 aromatic carbocycles. The van der Waals surface area contributed by atoms with Gasteiger partial charge in [0, 0.05) is 57.9 Å². The van der Waals surface area contributed by atoms with Gasteiger partial charge in [-0.15, -0.1) is 0 Å². The van der Waals surface area contributed by atoms with E-state index in [1.54, 1.807) is 14.2 Å². The summed E-state index contributed by atoms with van der Waals surface area (Å²) >= 11 is 0. The molecule has 1 heterocycles. The van der Waals surface area contributed by atoms with Crippen LogP contribution in [-0.2, 0) is 4.74 Å². The predicted molar refractivity (Wildman–Crippen MR) is 116 cm³/mol. The number of ketones is 1. The molecule has 29 heavy (non-hydrogen) atoms. The van der Waals surface area contributed by atoms with Gasteiger partial charge in [0.15, 0.2) is 5.78 Å². The lowest BCUT2D eigenvalue weighted by atomic mass is 9.98. The highest BCUT2D eigenvalue weighted by Gasteiger charge is 2.24. The van der Waals surface area contributed by atoms with Crippen LogP contribution in [0.2, 0.25) is 0 Å². The number of hydrogen-bond acceptors (Lipinski definition) is 5. The van der Waals surface area contributed by atoms with Crippen LogP contribution in [0.1, 0.15) is 28.9 Å². The Labute approximate surface area is 174 Å². The maximum atomic E-state index is 12.7. The van der Waals surface area contributed by atoms with Gasteiger partial charge in [-0.3, -0.25) is 9.69 Å². The summed E-state index contributed by atoms with van der Waals surface area (Å²) in [7, 11) is 3.41. The molecule has 1 aliphatic rings. The average molecular weight is 397 g/mol. The third-order valence-electron chi connectivity index (χ3n) is 5.70. The Hall–Kier alpha value is -2.21. The van der Waals surface area contributed by atoms with Gasteiger partial charge in [-0.2, -0.15) is 0 Å². The zero-order valence-corrected chi connectivity index (χ0v) is 17.7. The standard InChI is InChI=1S/C24H32N2O3/c1-19(24(27)21-9-11-22(28-2)12-10-21)17-25-13-15-26(16-14-25)18-23(29-3)20-7-5-4-6-8-20/h4-12,19,23H,13-18H2,1-3H3. The summed E-state index contributed by atoms with van der Waals surface area (Å²) in [6.45, 7) is 7.66. The molecule has 5 heteroatoms. The van der Waals surface area contributed by atoms with Crippen molar-refractivity contribution in [1.29, 1.82) is 0 Å². The van der Waals surface area contributed by atoms with Gasteiger partial charge in [0.05, 0.1) is 13.2 Å². The van der Waals surface area contributed by atoms with Gasteiger partial charge in [0.2, 0.25) is 0 Å². The number of benzene rings is 2. The summed E-state index contributed by atoms with van der Waals surface area (Å²) in [5.41, 5.74) is 1.97. The largest absolute Gasteiger partial charge is 0.497 e. The van der Waals surface area contributed by atoms with Crippen LogP contribution in [-0.4, -0.2) is 69.1 Å². The molecule has 0 aliphatic carbocycles. The van der Waals surface area contributed by atoms with Crippen LogP contribution >= 0.6 is 0 Å². The third kappa shape index (κ3) is 5.89. The van der Waals surface area contributed by atoms with E-state index in [2.05, 4.69) is 34.1 Å².